The average molecular weight is 485 g/mol. The van der Waals surface area contributed by atoms with Gasteiger partial charge in [-0.05, 0) is 30.0 Å². The molecule has 0 aliphatic heterocycles. The molecule has 0 aliphatic carbocycles. The fourth-order valence-electron chi connectivity index (χ4n) is 2.66. The fraction of sp³-hybridized carbons (Fsp3) is 0.545. The van der Waals surface area contributed by atoms with Crippen LogP contribution in [0.2, 0.25) is 0 Å². The van der Waals surface area contributed by atoms with Crippen molar-refractivity contribution in [1.29, 1.82) is 0 Å². The Labute approximate surface area is 197 Å². The number of hydrogen-bond acceptors (Lipinski definition) is 12. The largest absolute Gasteiger partial charge is 0.513 e. The van der Waals surface area contributed by atoms with Gasteiger partial charge in [-0.2, -0.15) is 0 Å². The molecule has 12 heteroatoms. The topological polar surface area (TPSA) is 159 Å². The molecule has 2 N–H and O–H groups in total. The van der Waals surface area contributed by atoms with Crippen LogP contribution in [0.4, 0.5) is 14.4 Å². The van der Waals surface area contributed by atoms with Crippen LogP contribution in [0.25, 0.3) is 0 Å². The lowest BCUT2D eigenvalue weighted by atomic mass is 9.88. The van der Waals surface area contributed by atoms with Crippen molar-refractivity contribution >= 4 is 24.4 Å². The summed E-state index contributed by atoms with van der Waals surface area (Å²) >= 11 is 0. The molecule has 0 bridgehead atoms. The van der Waals surface area contributed by atoms with Gasteiger partial charge in [0, 0.05) is 12.8 Å². The summed E-state index contributed by atoms with van der Waals surface area (Å²) in [7, 11) is 3.38. The van der Waals surface area contributed by atoms with Crippen LogP contribution in [0.1, 0.15) is 32.3 Å². The maximum atomic E-state index is 12.4. The van der Waals surface area contributed by atoms with Crippen LogP contribution in [0, 0.1) is 5.92 Å². The van der Waals surface area contributed by atoms with Gasteiger partial charge in [0.25, 0.3) is 0 Å². The Morgan fingerprint density at radius 2 is 1.44 bits per heavy atom. The zero-order valence-corrected chi connectivity index (χ0v) is 19.9. The Morgan fingerprint density at radius 3 is 2.00 bits per heavy atom. The van der Waals surface area contributed by atoms with Gasteiger partial charge in [-0.25, -0.2) is 14.4 Å². The molecule has 0 unspecified atom stereocenters. The molecule has 0 heterocycles. The minimum absolute atomic E-state index is 0.0907. The molecule has 0 aromatic heterocycles. The first-order valence-electron chi connectivity index (χ1n) is 10.4. The third-order valence-corrected chi connectivity index (χ3v) is 4.52. The van der Waals surface area contributed by atoms with Crippen molar-refractivity contribution in [2.24, 2.45) is 11.7 Å². The molecule has 1 atom stereocenters. The molecule has 1 aromatic rings. The molecule has 1 rings (SSSR count). The maximum Gasteiger partial charge on any atom is 0.513 e. The lowest BCUT2D eigenvalue weighted by molar-refractivity contribution is -0.147. The monoisotopic (exact) mass is 485 g/mol. The minimum atomic E-state index is -1.60. The zero-order valence-electron chi connectivity index (χ0n) is 19.9. The lowest BCUT2D eigenvalue weighted by Gasteiger charge is -2.26. The molecule has 0 aliphatic rings. The Kier molecular flexibility index (Phi) is 11.6. The van der Waals surface area contributed by atoms with Crippen LogP contribution in [0.5, 0.6) is 11.5 Å². The van der Waals surface area contributed by atoms with E-state index >= 15 is 0 Å². The third kappa shape index (κ3) is 9.53. The normalized spacial score (nSPS) is 12.2. The highest BCUT2D eigenvalue weighted by Gasteiger charge is 2.36. The van der Waals surface area contributed by atoms with E-state index in [9.17, 15) is 19.2 Å². The molecule has 1 aromatic carbocycles. The van der Waals surface area contributed by atoms with Crippen LogP contribution in [-0.2, 0) is 34.9 Å². The first-order valence-corrected chi connectivity index (χ1v) is 10.4. The van der Waals surface area contributed by atoms with E-state index in [4.69, 9.17) is 29.4 Å². The summed E-state index contributed by atoms with van der Waals surface area (Å²) in [5.74, 6) is -0.697. The van der Waals surface area contributed by atoms with Crippen LogP contribution in [-0.4, -0.2) is 64.5 Å². The number of hydrogen-bond donors (Lipinski definition) is 1. The number of carbonyl (C=O) groups is 4. The highest BCUT2D eigenvalue weighted by atomic mass is 16.7. The SMILES string of the molecule is COC(=O)Oc1ccc(C[C@](N)(CCOC(=O)OCCC(C)C)C(=O)OC)cc1OC(=O)OC. The molecule has 0 saturated heterocycles. The van der Waals surface area contributed by atoms with E-state index in [1.165, 1.54) is 25.3 Å². The van der Waals surface area contributed by atoms with Crippen molar-refractivity contribution in [2.75, 3.05) is 34.5 Å². The fourth-order valence-corrected chi connectivity index (χ4v) is 2.66. The van der Waals surface area contributed by atoms with Crippen LogP contribution >= 0.6 is 0 Å². The van der Waals surface area contributed by atoms with E-state index in [1.807, 2.05) is 13.8 Å². The number of ether oxygens (including phenoxy) is 7. The van der Waals surface area contributed by atoms with E-state index in [2.05, 4.69) is 9.47 Å². The van der Waals surface area contributed by atoms with Crippen molar-refractivity contribution in [2.45, 2.75) is 38.6 Å². The number of benzene rings is 1. The van der Waals surface area contributed by atoms with E-state index in [0.29, 0.717) is 17.9 Å². The molecule has 0 spiro atoms. The molecular formula is C22H31NO11. The van der Waals surface area contributed by atoms with Crippen molar-refractivity contribution in [3.63, 3.8) is 0 Å². The van der Waals surface area contributed by atoms with Crippen LogP contribution < -0.4 is 15.2 Å². The van der Waals surface area contributed by atoms with Gasteiger partial charge in [-0.15, -0.1) is 0 Å². The van der Waals surface area contributed by atoms with Crippen molar-refractivity contribution < 1.29 is 52.3 Å². The van der Waals surface area contributed by atoms with Gasteiger partial charge in [-0.1, -0.05) is 19.9 Å². The molecule has 0 radical (unpaired) electrons. The molecule has 34 heavy (non-hydrogen) atoms. The summed E-state index contributed by atoms with van der Waals surface area (Å²) in [5, 5.41) is 0. The lowest BCUT2D eigenvalue weighted by Crippen LogP contribution is -2.51. The second-order valence-electron chi connectivity index (χ2n) is 7.60. The van der Waals surface area contributed by atoms with E-state index < -0.39 is 30.0 Å². The number of esters is 1. The minimum Gasteiger partial charge on any atom is -0.468 e. The first kappa shape index (κ1) is 28.5. The van der Waals surface area contributed by atoms with Gasteiger partial charge in [0.05, 0.1) is 34.5 Å². The van der Waals surface area contributed by atoms with Gasteiger partial charge in [0.15, 0.2) is 11.5 Å². The van der Waals surface area contributed by atoms with Gasteiger partial charge >= 0.3 is 24.4 Å². The van der Waals surface area contributed by atoms with Crippen molar-refractivity contribution in [1.82, 2.24) is 0 Å². The Balaban J connectivity index is 2.97. The van der Waals surface area contributed by atoms with Crippen molar-refractivity contribution in [3.05, 3.63) is 23.8 Å². The number of methoxy groups -OCH3 is 3. The molecule has 0 amide bonds. The summed E-state index contributed by atoms with van der Waals surface area (Å²) in [6.07, 6.45) is -2.48. The highest BCUT2D eigenvalue weighted by Crippen LogP contribution is 2.31. The van der Waals surface area contributed by atoms with Crippen LogP contribution in [0.15, 0.2) is 18.2 Å². The maximum absolute atomic E-state index is 12.4. The smallest absolute Gasteiger partial charge is 0.468 e. The molecular weight excluding hydrogens is 454 g/mol. The Bertz CT molecular complexity index is 855. The molecule has 190 valence electrons. The summed E-state index contributed by atoms with van der Waals surface area (Å²) < 4.78 is 33.6. The summed E-state index contributed by atoms with van der Waals surface area (Å²) in [6.45, 7) is 3.98. The van der Waals surface area contributed by atoms with Gasteiger partial charge in [0.2, 0.25) is 0 Å². The molecule has 0 fully saturated rings. The molecule has 0 saturated carbocycles. The summed E-state index contributed by atoms with van der Waals surface area (Å²) in [4.78, 5) is 47.2. The first-order chi connectivity index (χ1) is 16.0. The molecule has 12 nitrogen and oxygen atoms in total. The predicted molar refractivity (Wildman–Crippen MR) is 117 cm³/mol. The second-order valence-corrected chi connectivity index (χ2v) is 7.60. The quantitative estimate of drug-likeness (QED) is 0.278. The summed E-state index contributed by atoms with van der Waals surface area (Å²) in [6, 6.07) is 4.15. The van der Waals surface area contributed by atoms with Crippen molar-refractivity contribution in [3.8, 4) is 11.5 Å². The standard InChI is InChI=1S/C22H31NO11/c1-14(2)8-10-31-21(27)32-11-9-22(23,18(24)28-3)13-15-6-7-16(33-19(25)29-4)17(12-15)34-20(26)30-5/h6-7,12,14H,8-11,13,23H2,1-5H3/t22-/m1/s1. The van der Waals surface area contributed by atoms with E-state index in [0.717, 1.165) is 14.2 Å². The van der Waals surface area contributed by atoms with Crippen LogP contribution in [0.3, 0.4) is 0 Å². The zero-order chi connectivity index (χ0) is 25.7. The van der Waals surface area contributed by atoms with E-state index in [1.54, 1.807) is 0 Å². The second kappa shape index (κ2) is 13.9. The average Bonchev–Trinajstić information content (AvgIpc) is 2.79. The van der Waals surface area contributed by atoms with Gasteiger partial charge in [-0.3, -0.25) is 4.79 Å². The Morgan fingerprint density at radius 1 is 0.853 bits per heavy atom. The predicted octanol–water partition coefficient (Wildman–Crippen LogP) is 2.98. The number of rotatable bonds is 11. The third-order valence-electron chi connectivity index (χ3n) is 4.52. The number of nitrogens with two attached hydrogens (primary N) is 1. The van der Waals surface area contributed by atoms with Gasteiger partial charge < -0.3 is 38.9 Å². The highest BCUT2D eigenvalue weighted by molar-refractivity contribution is 5.81. The summed E-state index contributed by atoms with van der Waals surface area (Å²) in [5.41, 5.74) is 5.11. The Hall–Kier alpha value is -3.54. The van der Waals surface area contributed by atoms with Gasteiger partial charge in [0.1, 0.15) is 5.54 Å². The van der Waals surface area contributed by atoms with E-state index in [-0.39, 0.29) is 37.6 Å². The number of carbonyl (C=O) groups excluding carboxylic acids is 4.